The number of nitrogens with two attached hydrogens (primary N) is 1. The van der Waals surface area contributed by atoms with Crippen molar-refractivity contribution in [3.05, 3.63) is 11.8 Å². The third-order valence-corrected chi connectivity index (χ3v) is 3.78. The molecule has 2 rings (SSSR count). The molecule has 0 radical (unpaired) electrons. The van der Waals surface area contributed by atoms with Gasteiger partial charge in [0, 0.05) is 19.2 Å². The Labute approximate surface area is 117 Å². The number of carbonyl (C=O) groups is 2. The van der Waals surface area contributed by atoms with E-state index in [1.54, 1.807) is 24.8 Å². The summed E-state index contributed by atoms with van der Waals surface area (Å²) >= 11 is 0. The second-order valence-corrected chi connectivity index (χ2v) is 5.65. The minimum atomic E-state index is -0.862. The van der Waals surface area contributed by atoms with Crippen molar-refractivity contribution in [2.75, 3.05) is 18.8 Å². The molecule has 1 fully saturated rings. The Balaban J connectivity index is 2.06. The first kappa shape index (κ1) is 14.4. The van der Waals surface area contributed by atoms with Crippen LogP contribution in [0.5, 0.6) is 0 Å². The van der Waals surface area contributed by atoms with Gasteiger partial charge in [0.15, 0.2) is 0 Å². The fourth-order valence-electron chi connectivity index (χ4n) is 2.55. The van der Waals surface area contributed by atoms with Crippen molar-refractivity contribution in [3.63, 3.8) is 0 Å². The Kier molecular flexibility index (Phi) is 3.69. The molecule has 1 amide bonds. The van der Waals surface area contributed by atoms with Gasteiger partial charge in [0.25, 0.3) is 0 Å². The molecule has 0 aliphatic carbocycles. The highest BCUT2D eigenvalue weighted by molar-refractivity contribution is 5.79. The third-order valence-electron chi connectivity index (χ3n) is 3.78. The predicted molar refractivity (Wildman–Crippen MR) is 72.9 cm³/mol. The van der Waals surface area contributed by atoms with Crippen LogP contribution in [0.3, 0.4) is 0 Å². The number of hydrogen-bond donors (Lipinski definition) is 2. The summed E-state index contributed by atoms with van der Waals surface area (Å²) in [5, 5.41) is 13.4. The standard InChI is InChI=1S/C13H20N4O3/c1-9-6-10(14)17(15-9)7-11(18)16-5-3-4-13(2,8-16)12(19)20/h6H,3-5,7-8,14H2,1-2H3,(H,19,20)/t13-/m1/s1. The van der Waals surface area contributed by atoms with Gasteiger partial charge in [-0.2, -0.15) is 5.10 Å². The number of piperidine rings is 1. The number of carboxylic acid groups (broad SMARTS) is 1. The predicted octanol–water partition coefficient (Wildman–Crippen LogP) is 0.487. The fraction of sp³-hybridized carbons (Fsp3) is 0.615. The van der Waals surface area contributed by atoms with E-state index >= 15 is 0 Å². The average Bonchev–Trinajstić information content (AvgIpc) is 2.67. The fourth-order valence-corrected chi connectivity index (χ4v) is 2.55. The highest BCUT2D eigenvalue weighted by atomic mass is 16.4. The Hall–Kier alpha value is -2.05. The van der Waals surface area contributed by atoms with E-state index in [1.807, 2.05) is 0 Å². The summed E-state index contributed by atoms with van der Waals surface area (Å²) in [6.45, 7) is 4.36. The van der Waals surface area contributed by atoms with E-state index in [1.165, 1.54) is 4.68 Å². The van der Waals surface area contributed by atoms with Crippen molar-refractivity contribution < 1.29 is 14.7 Å². The molecule has 1 aromatic rings. The van der Waals surface area contributed by atoms with Gasteiger partial charge in [-0.25, -0.2) is 4.68 Å². The summed E-state index contributed by atoms with van der Waals surface area (Å²) in [4.78, 5) is 25.1. The molecule has 2 heterocycles. The Morgan fingerprint density at radius 3 is 2.80 bits per heavy atom. The highest BCUT2D eigenvalue weighted by Crippen LogP contribution is 2.29. The van der Waals surface area contributed by atoms with Crippen LogP contribution in [0.4, 0.5) is 5.82 Å². The molecule has 110 valence electrons. The number of rotatable bonds is 3. The molecule has 7 heteroatoms. The largest absolute Gasteiger partial charge is 0.481 e. The van der Waals surface area contributed by atoms with Crippen LogP contribution < -0.4 is 5.73 Å². The molecule has 0 aromatic carbocycles. The highest BCUT2D eigenvalue weighted by Gasteiger charge is 2.39. The van der Waals surface area contributed by atoms with Gasteiger partial charge >= 0.3 is 5.97 Å². The number of carbonyl (C=O) groups excluding carboxylic acids is 1. The molecular weight excluding hydrogens is 260 g/mol. The summed E-state index contributed by atoms with van der Waals surface area (Å²) in [7, 11) is 0. The summed E-state index contributed by atoms with van der Waals surface area (Å²) < 4.78 is 1.45. The minimum Gasteiger partial charge on any atom is -0.481 e. The van der Waals surface area contributed by atoms with E-state index in [0.717, 1.165) is 5.69 Å². The average molecular weight is 280 g/mol. The molecule has 1 atom stereocenters. The molecule has 1 aliphatic rings. The number of anilines is 1. The summed E-state index contributed by atoms with van der Waals surface area (Å²) in [6, 6.07) is 1.70. The topological polar surface area (TPSA) is 101 Å². The number of nitrogens with zero attached hydrogens (tertiary/aromatic N) is 3. The lowest BCUT2D eigenvalue weighted by Gasteiger charge is -2.37. The van der Waals surface area contributed by atoms with Crippen molar-refractivity contribution in [2.45, 2.75) is 33.2 Å². The lowest BCUT2D eigenvalue weighted by molar-refractivity contribution is -0.153. The molecule has 1 saturated heterocycles. The van der Waals surface area contributed by atoms with Crippen LogP contribution in [0, 0.1) is 12.3 Å². The first-order valence-corrected chi connectivity index (χ1v) is 6.63. The number of hydrogen-bond acceptors (Lipinski definition) is 4. The number of aliphatic carboxylic acids is 1. The molecule has 0 saturated carbocycles. The van der Waals surface area contributed by atoms with Crippen molar-refractivity contribution >= 4 is 17.7 Å². The van der Waals surface area contributed by atoms with Crippen LogP contribution >= 0.6 is 0 Å². The van der Waals surface area contributed by atoms with E-state index in [0.29, 0.717) is 25.2 Å². The molecule has 7 nitrogen and oxygen atoms in total. The van der Waals surface area contributed by atoms with Crippen LogP contribution in [0.15, 0.2) is 6.07 Å². The Morgan fingerprint density at radius 2 is 2.25 bits per heavy atom. The van der Waals surface area contributed by atoms with Gasteiger partial charge in [-0.1, -0.05) is 0 Å². The normalized spacial score (nSPS) is 22.8. The molecule has 1 aromatic heterocycles. The second kappa shape index (κ2) is 5.15. The molecular formula is C13H20N4O3. The number of aromatic nitrogens is 2. The number of aryl methyl sites for hydroxylation is 1. The van der Waals surface area contributed by atoms with Gasteiger partial charge in [0.05, 0.1) is 11.1 Å². The van der Waals surface area contributed by atoms with Crippen molar-refractivity contribution in [3.8, 4) is 0 Å². The van der Waals surface area contributed by atoms with Crippen LogP contribution in [-0.2, 0) is 16.1 Å². The minimum absolute atomic E-state index is 0.0510. The van der Waals surface area contributed by atoms with Gasteiger partial charge in [-0.05, 0) is 26.7 Å². The lowest BCUT2D eigenvalue weighted by atomic mass is 9.82. The van der Waals surface area contributed by atoms with Crippen molar-refractivity contribution in [1.29, 1.82) is 0 Å². The zero-order chi connectivity index (χ0) is 14.9. The van der Waals surface area contributed by atoms with Crippen molar-refractivity contribution in [1.82, 2.24) is 14.7 Å². The summed E-state index contributed by atoms with van der Waals surface area (Å²) in [5.74, 6) is -0.565. The molecule has 0 bridgehead atoms. The quantitative estimate of drug-likeness (QED) is 0.839. The summed E-state index contributed by atoms with van der Waals surface area (Å²) in [5.41, 5.74) is 5.65. The third kappa shape index (κ3) is 2.76. The second-order valence-electron chi connectivity index (χ2n) is 5.65. The van der Waals surface area contributed by atoms with Gasteiger partial charge in [-0.3, -0.25) is 9.59 Å². The van der Waals surface area contributed by atoms with Gasteiger partial charge in [-0.15, -0.1) is 0 Å². The number of carboxylic acids is 1. The number of amides is 1. The molecule has 3 N–H and O–H groups in total. The van der Waals surface area contributed by atoms with Crippen molar-refractivity contribution in [2.24, 2.45) is 5.41 Å². The Bertz CT molecular complexity index is 540. The van der Waals surface area contributed by atoms with Gasteiger partial charge in [0.2, 0.25) is 5.91 Å². The SMILES string of the molecule is Cc1cc(N)n(CC(=O)N2CCC[C@@](C)(C(=O)O)C2)n1. The van der Waals surface area contributed by atoms with E-state index in [9.17, 15) is 14.7 Å². The first-order chi connectivity index (χ1) is 9.32. The van der Waals surface area contributed by atoms with Gasteiger partial charge < -0.3 is 15.7 Å². The van der Waals surface area contributed by atoms with Crippen LogP contribution in [-0.4, -0.2) is 44.8 Å². The molecule has 20 heavy (non-hydrogen) atoms. The van der Waals surface area contributed by atoms with E-state index in [4.69, 9.17) is 5.73 Å². The van der Waals surface area contributed by atoms with E-state index < -0.39 is 11.4 Å². The maximum absolute atomic E-state index is 12.3. The summed E-state index contributed by atoms with van der Waals surface area (Å²) in [6.07, 6.45) is 1.29. The van der Waals surface area contributed by atoms with Crippen LogP contribution in [0.1, 0.15) is 25.5 Å². The Morgan fingerprint density at radius 1 is 1.55 bits per heavy atom. The van der Waals surface area contributed by atoms with Crippen LogP contribution in [0.2, 0.25) is 0 Å². The zero-order valence-corrected chi connectivity index (χ0v) is 11.8. The lowest BCUT2D eigenvalue weighted by Crippen LogP contribution is -2.49. The molecule has 0 unspecified atom stereocenters. The number of nitrogen functional groups attached to an aromatic ring is 1. The molecule has 0 spiro atoms. The van der Waals surface area contributed by atoms with Crippen LogP contribution in [0.25, 0.3) is 0 Å². The smallest absolute Gasteiger partial charge is 0.311 e. The maximum atomic E-state index is 12.3. The maximum Gasteiger partial charge on any atom is 0.311 e. The molecule has 1 aliphatic heterocycles. The van der Waals surface area contributed by atoms with E-state index in [-0.39, 0.29) is 19.0 Å². The monoisotopic (exact) mass is 280 g/mol. The zero-order valence-electron chi connectivity index (χ0n) is 11.8. The first-order valence-electron chi connectivity index (χ1n) is 6.63. The number of likely N-dealkylation sites (tertiary alicyclic amines) is 1. The van der Waals surface area contributed by atoms with E-state index in [2.05, 4.69) is 5.10 Å². The van der Waals surface area contributed by atoms with Gasteiger partial charge in [0.1, 0.15) is 12.4 Å².